The van der Waals surface area contributed by atoms with E-state index in [2.05, 4.69) is 14.5 Å². The SMILES string of the molecule is COC(=O)c1cc(F)cnc1OC(F)(F)F. The van der Waals surface area contributed by atoms with E-state index < -0.39 is 29.6 Å². The molecule has 0 bridgehead atoms. The molecule has 16 heavy (non-hydrogen) atoms. The summed E-state index contributed by atoms with van der Waals surface area (Å²) < 4.78 is 55.9. The molecule has 0 aromatic carbocycles. The molecule has 1 aromatic rings. The third kappa shape index (κ3) is 3.07. The lowest BCUT2D eigenvalue weighted by Gasteiger charge is -2.10. The molecule has 0 saturated heterocycles. The molecule has 88 valence electrons. The average Bonchev–Trinajstić information content (AvgIpc) is 2.17. The molecule has 0 fully saturated rings. The fourth-order valence-electron chi connectivity index (χ4n) is 0.874. The summed E-state index contributed by atoms with van der Waals surface area (Å²) in [5.74, 6) is -3.21. The maximum atomic E-state index is 12.7. The van der Waals surface area contributed by atoms with Gasteiger partial charge in [-0.1, -0.05) is 0 Å². The number of carbonyl (C=O) groups is 1. The largest absolute Gasteiger partial charge is 0.574 e. The van der Waals surface area contributed by atoms with Gasteiger partial charge in [0.1, 0.15) is 11.4 Å². The number of esters is 1. The first-order valence-corrected chi connectivity index (χ1v) is 3.83. The first kappa shape index (κ1) is 12.2. The molecule has 1 rings (SSSR count). The van der Waals surface area contributed by atoms with Crippen molar-refractivity contribution in [3.8, 4) is 5.88 Å². The van der Waals surface area contributed by atoms with Crippen molar-refractivity contribution >= 4 is 5.97 Å². The van der Waals surface area contributed by atoms with Gasteiger partial charge in [0.2, 0.25) is 5.88 Å². The number of rotatable bonds is 2. The number of ether oxygens (including phenoxy) is 2. The molecule has 0 saturated carbocycles. The second-order valence-corrected chi connectivity index (χ2v) is 2.55. The van der Waals surface area contributed by atoms with Gasteiger partial charge in [-0.3, -0.25) is 0 Å². The molecular weight excluding hydrogens is 234 g/mol. The van der Waals surface area contributed by atoms with Gasteiger partial charge in [0.25, 0.3) is 0 Å². The first-order chi connectivity index (χ1) is 7.33. The number of hydrogen-bond donors (Lipinski definition) is 0. The third-order valence-corrected chi connectivity index (χ3v) is 1.44. The zero-order chi connectivity index (χ0) is 12.3. The van der Waals surface area contributed by atoms with Gasteiger partial charge in [0.05, 0.1) is 13.3 Å². The van der Waals surface area contributed by atoms with Crippen molar-refractivity contribution in [2.75, 3.05) is 7.11 Å². The maximum absolute atomic E-state index is 12.7. The highest BCUT2D eigenvalue weighted by molar-refractivity contribution is 5.91. The summed E-state index contributed by atoms with van der Waals surface area (Å²) in [5, 5.41) is 0. The van der Waals surface area contributed by atoms with Crippen molar-refractivity contribution in [3.63, 3.8) is 0 Å². The lowest BCUT2D eigenvalue weighted by atomic mass is 10.2. The van der Waals surface area contributed by atoms with Crippen molar-refractivity contribution in [3.05, 3.63) is 23.6 Å². The van der Waals surface area contributed by atoms with Gasteiger partial charge in [-0.25, -0.2) is 14.2 Å². The molecule has 8 heteroatoms. The average molecular weight is 239 g/mol. The Morgan fingerprint density at radius 2 is 2.06 bits per heavy atom. The molecule has 4 nitrogen and oxygen atoms in total. The van der Waals surface area contributed by atoms with Crippen LogP contribution in [0.4, 0.5) is 17.6 Å². The van der Waals surface area contributed by atoms with Crippen LogP contribution in [-0.4, -0.2) is 24.4 Å². The number of halogens is 4. The Kier molecular flexibility index (Phi) is 3.31. The van der Waals surface area contributed by atoms with Crippen molar-refractivity contribution < 1.29 is 31.8 Å². The van der Waals surface area contributed by atoms with E-state index in [0.29, 0.717) is 12.3 Å². The number of methoxy groups -OCH3 is 1. The molecular formula is C8H5F4NO3. The van der Waals surface area contributed by atoms with E-state index in [1.807, 2.05) is 0 Å². The van der Waals surface area contributed by atoms with Crippen LogP contribution in [0.5, 0.6) is 5.88 Å². The standard InChI is InChI=1S/C8H5F4NO3/c1-15-7(14)5-2-4(9)3-13-6(5)16-8(10,11)12/h2-3H,1H3. The highest BCUT2D eigenvalue weighted by atomic mass is 19.4. The number of hydrogen-bond acceptors (Lipinski definition) is 4. The summed E-state index contributed by atoms with van der Waals surface area (Å²) in [6.07, 6.45) is -4.53. The first-order valence-electron chi connectivity index (χ1n) is 3.83. The van der Waals surface area contributed by atoms with Gasteiger partial charge in [-0.15, -0.1) is 13.2 Å². The summed E-state index contributed by atoms with van der Waals surface area (Å²) >= 11 is 0. The van der Waals surface area contributed by atoms with E-state index >= 15 is 0 Å². The molecule has 0 amide bonds. The van der Waals surface area contributed by atoms with Crippen LogP contribution in [0.25, 0.3) is 0 Å². The second-order valence-electron chi connectivity index (χ2n) is 2.55. The van der Waals surface area contributed by atoms with Gasteiger partial charge in [0, 0.05) is 0 Å². The van der Waals surface area contributed by atoms with Crippen molar-refractivity contribution in [1.82, 2.24) is 4.98 Å². The highest BCUT2D eigenvalue weighted by Gasteiger charge is 2.34. The monoisotopic (exact) mass is 239 g/mol. The molecule has 0 atom stereocenters. The second kappa shape index (κ2) is 4.33. The van der Waals surface area contributed by atoms with Gasteiger partial charge in [-0.2, -0.15) is 0 Å². The van der Waals surface area contributed by atoms with Gasteiger partial charge in [0.15, 0.2) is 0 Å². The van der Waals surface area contributed by atoms with Crippen molar-refractivity contribution in [1.29, 1.82) is 0 Å². The summed E-state index contributed by atoms with van der Waals surface area (Å²) in [6.45, 7) is 0. The van der Waals surface area contributed by atoms with Crippen LogP contribution < -0.4 is 4.74 Å². The predicted molar refractivity (Wildman–Crippen MR) is 42.2 cm³/mol. The smallest absolute Gasteiger partial charge is 0.465 e. The molecule has 0 spiro atoms. The van der Waals surface area contributed by atoms with Crippen LogP contribution in [0.3, 0.4) is 0 Å². The Hall–Kier alpha value is -1.86. The molecule has 0 radical (unpaired) electrons. The van der Waals surface area contributed by atoms with Crippen molar-refractivity contribution in [2.45, 2.75) is 6.36 Å². The Labute approximate surface area is 86.8 Å². The Bertz CT molecular complexity index is 405. The minimum atomic E-state index is -5.02. The fourth-order valence-corrected chi connectivity index (χ4v) is 0.874. The fraction of sp³-hybridized carbons (Fsp3) is 0.250. The van der Waals surface area contributed by atoms with Crippen LogP contribution in [-0.2, 0) is 4.74 Å². The van der Waals surface area contributed by atoms with E-state index in [4.69, 9.17) is 0 Å². The molecule has 0 unspecified atom stereocenters. The van der Waals surface area contributed by atoms with E-state index in [1.54, 1.807) is 0 Å². The third-order valence-electron chi connectivity index (χ3n) is 1.44. The lowest BCUT2D eigenvalue weighted by molar-refractivity contribution is -0.276. The Balaban J connectivity index is 3.13. The van der Waals surface area contributed by atoms with E-state index in [0.717, 1.165) is 7.11 Å². The highest BCUT2D eigenvalue weighted by Crippen LogP contribution is 2.25. The van der Waals surface area contributed by atoms with E-state index in [1.165, 1.54) is 0 Å². The summed E-state index contributed by atoms with van der Waals surface area (Å²) in [4.78, 5) is 14.0. The number of aromatic nitrogens is 1. The number of alkyl halides is 3. The molecule has 0 aliphatic rings. The van der Waals surface area contributed by atoms with Crippen LogP contribution in [0, 0.1) is 5.82 Å². The van der Waals surface area contributed by atoms with Gasteiger partial charge in [-0.05, 0) is 6.07 Å². The van der Waals surface area contributed by atoms with E-state index in [9.17, 15) is 22.4 Å². The van der Waals surface area contributed by atoms with Crippen LogP contribution in [0.15, 0.2) is 12.3 Å². The Morgan fingerprint density at radius 1 is 1.44 bits per heavy atom. The molecule has 1 heterocycles. The van der Waals surface area contributed by atoms with Crippen molar-refractivity contribution in [2.24, 2.45) is 0 Å². The van der Waals surface area contributed by atoms with Gasteiger partial charge >= 0.3 is 12.3 Å². The molecule has 0 aliphatic heterocycles. The minimum Gasteiger partial charge on any atom is -0.465 e. The summed E-state index contributed by atoms with van der Waals surface area (Å²) in [5.41, 5.74) is -0.736. The van der Waals surface area contributed by atoms with Gasteiger partial charge < -0.3 is 9.47 Å². The summed E-state index contributed by atoms with van der Waals surface area (Å²) in [7, 11) is 0.935. The predicted octanol–water partition coefficient (Wildman–Crippen LogP) is 1.91. The topological polar surface area (TPSA) is 48.4 Å². The zero-order valence-electron chi connectivity index (χ0n) is 7.84. The van der Waals surface area contributed by atoms with Crippen LogP contribution in [0.1, 0.15) is 10.4 Å². The Morgan fingerprint density at radius 3 is 2.56 bits per heavy atom. The molecule has 0 N–H and O–H groups in total. The zero-order valence-corrected chi connectivity index (χ0v) is 7.84. The number of carbonyl (C=O) groups excluding carboxylic acids is 1. The normalized spacial score (nSPS) is 11.1. The summed E-state index contributed by atoms with van der Waals surface area (Å²) in [6, 6.07) is 0.542. The quantitative estimate of drug-likeness (QED) is 0.584. The minimum absolute atomic E-state index is 0.494. The molecule has 1 aromatic heterocycles. The number of nitrogens with zero attached hydrogens (tertiary/aromatic N) is 1. The van der Waals surface area contributed by atoms with Crippen LogP contribution in [0.2, 0.25) is 0 Å². The van der Waals surface area contributed by atoms with E-state index in [-0.39, 0.29) is 0 Å². The lowest BCUT2D eigenvalue weighted by Crippen LogP contribution is -2.20. The molecule has 0 aliphatic carbocycles. The maximum Gasteiger partial charge on any atom is 0.574 e. The van der Waals surface area contributed by atoms with Crippen LogP contribution >= 0.6 is 0 Å². The number of pyridine rings is 1.